The van der Waals surface area contributed by atoms with E-state index in [0.717, 1.165) is 5.01 Å². The molecule has 18 heavy (non-hydrogen) atoms. The number of aromatic nitrogens is 2. The second-order valence-electron chi connectivity index (χ2n) is 4.55. The van der Waals surface area contributed by atoms with Gasteiger partial charge in [0.25, 0.3) is 0 Å². The zero-order chi connectivity index (χ0) is 13.8. The molecule has 1 aromatic heterocycles. The van der Waals surface area contributed by atoms with Crippen LogP contribution >= 0.6 is 0 Å². The van der Waals surface area contributed by atoms with Crippen LogP contribution in [-0.2, 0) is 11.2 Å². The molecule has 0 aliphatic heterocycles. The second kappa shape index (κ2) is 5.42. The van der Waals surface area contributed by atoms with Crippen LogP contribution in [0.5, 0.6) is 0 Å². The summed E-state index contributed by atoms with van der Waals surface area (Å²) in [5, 5.41) is 9.26. The Morgan fingerprint density at radius 3 is 2.61 bits per heavy atom. The van der Waals surface area contributed by atoms with Crippen LogP contribution in [0.3, 0.4) is 0 Å². The minimum atomic E-state index is -0.718. The zero-order valence-electron chi connectivity index (χ0n) is 10.5. The van der Waals surface area contributed by atoms with Crippen molar-refractivity contribution in [2.75, 3.05) is 5.01 Å². The first-order valence-electron chi connectivity index (χ1n) is 5.29. The molecule has 0 saturated carbocycles. The molecule has 7 nitrogen and oxygen atoms in total. The lowest BCUT2D eigenvalue weighted by Gasteiger charge is -2.23. The van der Waals surface area contributed by atoms with Crippen LogP contribution < -0.4 is 10.9 Å². The number of anilines is 1. The van der Waals surface area contributed by atoms with Crippen molar-refractivity contribution >= 4 is 11.9 Å². The highest BCUT2D eigenvalue weighted by molar-refractivity contribution is 5.84. The van der Waals surface area contributed by atoms with Gasteiger partial charge in [0, 0.05) is 0 Å². The van der Waals surface area contributed by atoms with Gasteiger partial charge in [-0.15, -0.1) is 0 Å². The Bertz CT molecular complexity index is 458. The first-order chi connectivity index (χ1) is 8.33. The van der Waals surface area contributed by atoms with Crippen molar-refractivity contribution in [1.29, 1.82) is 5.26 Å². The molecule has 1 amide bonds. The molecule has 1 aromatic rings. The zero-order valence-corrected chi connectivity index (χ0v) is 10.5. The van der Waals surface area contributed by atoms with E-state index in [1.807, 2.05) is 6.07 Å². The number of hydrogen-bond donors (Lipinski definition) is 1. The molecular weight excluding hydrogens is 234 g/mol. The summed E-state index contributed by atoms with van der Waals surface area (Å²) in [5.74, 6) is 5.72. The lowest BCUT2D eigenvalue weighted by Crippen LogP contribution is -2.42. The van der Waals surface area contributed by atoms with E-state index in [4.69, 9.17) is 15.8 Å². The maximum absolute atomic E-state index is 11.6. The Hall–Kier alpha value is -2.20. The van der Waals surface area contributed by atoms with E-state index in [1.165, 1.54) is 12.4 Å². The summed E-state index contributed by atoms with van der Waals surface area (Å²) >= 11 is 0. The highest BCUT2D eigenvalue weighted by atomic mass is 16.6. The lowest BCUT2D eigenvalue weighted by molar-refractivity contribution is 0.0578. The summed E-state index contributed by atoms with van der Waals surface area (Å²) in [6, 6.07) is 1.95. The fourth-order valence-corrected chi connectivity index (χ4v) is 1.05. The van der Waals surface area contributed by atoms with Gasteiger partial charge in [-0.3, -0.25) is 4.98 Å². The lowest BCUT2D eigenvalue weighted by atomic mass is 10.2. The number of ether oxygens (including phenoxy) is 1. The smallest absolute Gasteiger partial charge is 0.430 e. The third kappa shape index (κ3) is 3.99. The van der Waals surface area contributed by atoms with Crippen LogP contribution in [0.4, 0.5) is 10.6 Å². The van der Waals surface area contributed by atoms with Crippen molar-refractivity contribution in [1.82, 2.24) is 9.97 Å². The summed E-state index contributed by atoms with van der Waals surface area (Å²) < 4.78 is 5.07. The van der Waals surface area contributed by atoms with Gasteiger partial charge in [-0.2, -0.15) is 10.3 Å². The van der Waals surface area contributed by atoms with E-state index in [9.17, 15) is 4.79 Å². The van der Waals surface area contributed by atoms with Gasteiger partial charge >= 0.3 is 6.09 Å². The summed E-state index contributed by atoms with van der Waals surface area (Å²) in [7, 11) is 0. The van der Waals surface area contributed by atoms with Gasteiger partial charge < -0.3 is 4.74 Å². The second-order valence-corrected chi connectivity index (χ2v) is 4.55. The minimum Gasteiger partial charge on any atom is -0.442 e. The van der Waals surface area contributed by atoms with Crippen molar-refractivity contribution < 1.29 is 9.53 Å². The number of nitrogens with two attached hydrogens (primary N) is 1. The summed E-state index contributed by atoms with van der Waals surface area (Å²) in [6.07, 6.45) is 2.15. The maximum Gasteiger partial charge on any atom is 0.430 e. The van der Waals surface area contributed by atoms with E-state index >= 15 is 0 Å². The topological polar surface area (TPSA) is 105 Å². The van der Waals surface area contributed by atoms with E-state index in [0.29, 0.717) is 5.69 Å². The molecule has 1 rings (SSSR count). The number of nitriles is 1. The Kier molecular flexibility index (Phi) is 4.18. The average molecular weight is 249 g/mol. The highest BCUT2D eigenvalue weighted by Gasteiger charge is 2.22. The van der Waals surface area contributed by atoms with E-state index in [-0.39, 0.29) is 12.2 Å². The van der Waals surface area contributed by atoms with Crippen molar-refractivity contribution in [2.45, 2.75) is 32.8 Å². The molecule has 2 N–H and O–H groups in total. The molecule has 7 heteroatoms. The summed E-state index contributed by atoms with van der Waals surface area (Å²) in [6.45, 7) is 5.21. The molecule has 0 saturated heterocycles. The monoisotopic (exact) mass is 249 g/mol. The number of hydrogen-bond acceptors (Lipinski definition) is 6. The standard InChI is InChI=1S/C11H15N5O2/c1-11(2,3)18-10(17)16(13)9-7-14-8(4-5-12)6-15-9/h6-7H,4,13H2,1-3H3. The van der Waals surface area contributed by atoms with E-state index in [1.54, 1.807) is 20.8 Å². The van der Waals surface area contributed by atoms with Gasteiger partial charge in [-0.1, -0.05) is 0 Å². The predicted molar refractivity (Wildman–Crippen MR) is 64.2 cm³/mol. The average Bonchev–Trinajstić information content (AvgIpc) is 2.27. The molecule has 0 unspecified atom stereocenters. The van der Waals surface area contributed by atoms with Gasteiger partial charge in [-0.05, 0) is 20.8 Å². The van der Waals surface area contributed by atoms with E-state index < -0.39 is 11.7 Å². The SMILES string of the molecule is CC(C)(C)OC(=O)N(N)c1cnc(CC#N)cn1. The Morgan fingerprint density at radius 2 is 2.17 bits per heavy atom. The molecule has 0 aliphatic carbocycles. The molecule has 0 aliphatic rings. The molecule has 96 valence electrons. The number of carbonyl (C=O) groups excluding carboxylic acids is 1. The highest BCUT2D eigenvalue weighted by Crippen LogP contribution is 2.12. The van der Waals surface area contributed by atoms with E-state index in [2.05, 4.69) is 9.97 Å². The summed E-state index contributed by atoms with van der Waals surface area (Å²) in [4.78, 5) is 19.5. The molecule has 0 atom stereocenters. The number of amides is 1. The molecule has 0 fully saturated rings. The van der Waals surface area contributed by atoms with Crippen LogP contribution in [0.1, 0.15) is 26.5 Å². The quantitative estimate of drug-likeness (QED) is 0.479. The van der Waals surface area contributed by atoms with Crippen LogP contribution in [0.2, 0.25) is 0 Å². The first-order valence-corrected chi connectivity index (χ1v) is 5.29. The Balaban J connectivity index is 2.75. The van der Waals surface area contributed by atoms with Crippen LogP contribution in [-0.4, -0.2) is 21.7 Å². The molecule has 0 radical (unpaired) electrons. The number of nitrogens with zero attached hydrogens (tertiary/aromatic N) is 4. The minimum absolute atomic E-state index is 0.157. The van der Waals surface area contributed by atoms with Crippen LogP contribution in [0, 0.1) is 11.3 Å². The van der Waals surface area contributed by atoms with Crippen molar-refractivity contribution in [3.63, 3.8) is 0 Å². The van der Waals surface area contributed by atoms with Gasteiger partial charge in [0.05, 0.1) is 30.6 Å². The molecule has 1 heterocycles. The third-order valence-corrected chi connectivity index (χ3v) is 1.79. The predicted octanol–water partition coefficient (Wildman–Crippen LogP) is 1.16. The van der Waals surface area contributed by atoms with Crippen molar-refractivity contribution in [3.05, 3.63) is 18.1 Å². The van der Waals surface area contributed by atoms with Gasteiger partial charge in [0.1, 0.15) is 5.60 Å². The first kappa shape index (κ1) is 13.9. The third-order valence-electron chi connectivity index (χ3n) is 1.79. The largest absolute Gasteiger partial charge is 0.442 e. The molecule has 0 spiro atoms. The molecular formula is C11H15N5O2. The molecule has 0 aromatic carbocycles. The number of rotatable bonds is 2. The normalized spacial score (nSPS) is 10.6. The molecule has 0 bridgehead atoms. The van der Waals surface area contributed by atoms with Gasteiger partial charge in [0.15, 0.2) is 5.82 Å². The van der Waals surface area contributed by atoms with Crippen LogP contribution in [0.15, 0.2) is 12.4 Å². The fraction of sp³-hybridized carbons (Fsp3) is 0.455. The van der Waals surface area contributed by atoms with Gasteiger partial charge in [-0.25, -0.2) is 15.6 Å². The Morgan fingerprint density at radius 1 is 1.50 bits per heavy atom. The maximum atomic E-state index is 11.6. The van der Waals surface area contributed by atoms with Crippen molar-refractivity contribution in [3.8, 4) is 6.07 Å². The van der Waals surface area contributed by atoms with Crippen LogP contribution in [0.25, 0.3) is 0 Å². The fourth-order valence-electron chi connectivity index (χ4n) is 1.05. The van der Waals surface area contributed by atoms with Gasteiger partial charge in [0.2, 0.25) is 0 Å². The Labute approximate surface area is 105 Å². The number of hydrazine groups is 1. The van der Waals surface area contributed by atoms with Crippen molar-refractivity contribution in [2.24, 2.45) is 5.84 Å². The summed E-state index contributed by atoms with van der Waals surface area (Å²) in [5.41, 5.74) is -0.123. The number of carbonyl (C=O) groups is 1.